The van der Waals surface area contributed by atoms with Gasteiger partial charge in [-0.3, -0.25) is 0 Å². The highest BCUT2D eigenvalue weighted by Gasteiger charge is 2.15. The number of aromatic nitrogens is 1. The van der Waals surface area contributed by atoms with Crippen molar-refractivity contribution in [3.63, 3.8) is 0 Å². The standard InChI is InChI=1S/C25H33ClN4O3S/c1-19-18-30(14-12-27-19)13-3-15-33-22-6-8-23(9-7-22)34(31,32)29-11-2-4-20-17-28-25-10-5-21(26)16-24(20)25/h5-10,16-17,19,27-29H,2-4,11-15,18H2,1H3/t19-/m0/s1. The van der Waals surface area contributed by atoms with E-state index in [2.05, 4.69) is 26.8 Å². The summed E-state index contributed by atoms with van der Waals surface area (Å²) in [5.41, 5.74) is 2.16. The molecule has 0 saturated carbocycles. The second-order valence-electron chi connectivity index (χ2n) is 8.83. The lowest BCUT2D eigenvalue weighted by atomic mass is 10.1. The number of sulfonamides is 1. The van der Waals surface area contributed by atoms with Crippen LogP contribution in [-0.4, -0.2) is 63.7 Å². The third kappa shape index (κ3) is 6.73. The second kappa shape index (κ2) is 11.6. The smallest absolute Gasteiger partial charge is 0.240 e. The van der Waals surface area contributed by atoms with Crippen LogP contribution in [0.2, 0.25) is 5.02 Å². The van der Waals surface area contributed by atoms with Gasteiger partial charge in [-0.2, -0.15) is 0 Å². The van der Waals surface area contributed by atoms with Crippen molar-refractivity contribution in [3.05, 3.63) is 59.2 Å². The topological polar surface area (TPSA) is 86.5 Å². The van der Waals surface area contributed by atoms with Crippen LogP contribution in [0.3, 0.4) is 0 Å². The Morgan fingerprint density at radius 2 is 2.00 bits per heavy atom. The molecule has 1 aromatic heterocycles. The lowest BCUT2D eigenvalue weighted by molar-refractivity contribution is 0.189. The van der Waals surface area contributed by atoms with Crippen LogP contribution >= 0.6 is 11.6 Å². The molecule has 7 nitrogen and oxygen atoms in total. The third-order valence-electron chi connectivity index (χ3n) is 6.12. The third-order valence-corrected chi connectivity index (χ3v) is 7.83. The fraction of sp³-hybridized carbons (Fsp3) is 0.440. The summed E-state index contributed by atoms with van der Waals surface area (Å²) < 4.78 is 33.8. The number of nitrogens with one attached hydrogen (secondary N) is 3. The fourth-order valence-electron chi connectivity index (χ4n) is 4.33. The summed E-state index contributed by atoms with van der Waals surface area (Å²) in [6.07, 6.45) is 4.34. The van der Waals surface area contributed by atoms with Crippen LogP contribution in [0.1, 0.15) is 25.3 Å². The van der Waals surface area contributed by atoms with Gasteiger partial charge in [0, 0.05) is 60.9 Å². The summed E-state index contributed by atoms with van der Waals surface area (Å²) in [5, 5.41) is 5.21. The van der Waals surface area contributed by atoms with Crippen molar-refractivity contribution in [2.75, 3.05) is 39.3 Å². The highest BCUT2D eigenvalue weighted by molar-refractivity contribution is 7.89. The van der Waals surface area contributed by atoms with E-state index in [9.17, 15) is 8.42 Å². The predicted octanol–water partition coefficient (Wildman–Crippen LogP) is 3.80. The molecule has 0 aliphatic carbocycles. The highest BCUT2D eigenvalue weighted by Crippen LogP contribution is 2.23. The molecule has 1 fully saturated rings. The summed E-state index contributed by atoms with van der Waals surface area (Å²) in [6, 6.07) is 12.9. The zero-order valence-corrected chi connectivity index (χ0v) is 21.1. The normalized spacial score (nSPS) is 17.3. The summed E-state index contributed by atoms with van der Waals surface area (Å²) >= 11 is 6.10. The molecule has 3 aromatic rings. The maximum Gasteiger partial charge on any atom is 0.240 e. The molecular weight excluding hydrogens is 472 g/mol. The van der Waals surface area contributed by atoms with Gasteiger partial charge in [-0.05, 0) is 74.2 Å². The molecule has 2 heterocycles. The van der Waals surface area contributed by atoms with E-state index in [1.807, 2.05) is 24.4 Å². The van der Waals surface area contributed by atoms with Gasteiger partial charge in [-0.1, -0.05) is 11.6 Å². The number of ether oxygens (including phenoxy) is 1. The van der Waals surface area contributed by atoms with Gasteiger partial charge in [-0.25, -0.2) is 13.1 Å². The van der Waals surface area contributed by atoms with Gasteiger partial charge in [0.15, 0.2) is 0 Å². The maximum atomic E-state index is 12.6. The van der Waals surface area contributed by atoms with E-state index in [0.717, 1.165) is 55.5 Å². The molecule has 184 valence electrons. The molecule has 0 unspecified atom stereocenters. The molecular formula is C25H33ClN4O3S. The Labute approximate surface area is 206 Å². The molecule has 4 rings (SSSR count). The SMILES string of the molecule is C[C@H]1CN(CCCOc2ccc(S(=O)(=O)NCCCc3c[nH]c4ccc(Cl)cc34)cc2)CCN1. The van der Waals surface area contributed by atoms with Gasteiger partial charge in [0.25, 0.3) is 0 Å². The average Bonchev–Trinajstić information content (AvgIpc) is 3.22. The number of H-pyrrole nitrogens is 1. The van der Waals surface area contributed by atoms with E-state index in [1.54, 1.807) is 24.3 Å². The van der Waals surface area contributed by atoms with E-state index >= 15 is 0 Å². The Morgan fingerprint density at radius 3 is 2.79 bits per heavy atom. The number of nitrogens with zero attached hydrogens (tertiary/aromatic N) is 1. The number of hydrogen-bond acceptors (Lipinski definition) is 5. The first kappa shape index (κ1) is 25.0. The molecule has 0 amide bonds. The summed E-state index contributed by atoms with van der Waals surface area (Å²) in [7, 11) is -3.56. The quantitative estimate of drug-likeness (QED) is 0.346. The molecule has 34 heavy (non-hydrogen) atoms. The highest BCUT2D eigenvalue weighted by atomic mass is 35.5. The Morgan fingerprint density at radius 1 is 1.18 bits per heavy atom. The Hall–Kier alpha value is -2.10. The van der Waals surface area contributed by atoms with E-state index in [1.165, 1.54) is 0 Å². The zero-order chi connectivity index (χ0) is 24.0. The number of halogens is 1. The number of benzene rings is 2. The van der Waals surface area contributed by atoms with Crippen LogP contribution in [0.5, 0.6) is 5.75 Å². The van der Waals surface area contributed by atoms with Crippen LogP contribution in [-0.2, 0) is 16.4 Å². The van der Waals surface area contributed by atoms with Gasteiger partial charge < -0.3 is 19.9 Å². The van der Waals surface area contributed by atoms with E-state index < -0.39 is 10.0 Å². The monoisotopic (exact) mass is 504 g/mol. The number of piperazine rings is 1. The van der Waals surface area contributed by atoms with Crippen LogP contribution in [0.25, 0.3) is 10.9 Å². The van der Waals surface area contributed by atoms with Crippen LogP contribution in [0.15, 0.2) is 53.6 Å². The molecule has 1 saturated heterocycles. The molecule has 3 N–H and O–H groups in total. The van der Waals surface area contributed by atoms with E-state index in [0.29, 0.717) is 36.4 Å². The fourth-order valence-corrected chi connectivity index (χ4v) is 5.58. The van der Waals surface area contributed by atoms with Crippen molar-refractivity contribution < 1.29 is 13.2 Å². The lowest BCUT2D eigenvalue weighted by Crippen LogP contribution is -2.49. The number of rotatable bonds is 11. The number of hydrogen-bond donors (Lipinski definition) is 3. The van der Waals surface area contributed by atoms with Crippen LogP contribution in [0.4, 0.5) is 0 Å². The van der Waals surface area contributed by atoms with Crippen molar-refractivity contribution in [3.8, 4) is 5.75 Å². The van der Waals surface area contributed by atoms with Gasteiger partial charge >= 0.3 is 0 Å². The Balaban J connectivity index is 1.19. The summed E-state index contributed by atoms with van der Waals surface area (Å²) in [4.78, 5) is 5.91. The first-order valence-electron chi connectivity index (χ1n) is 11.8. The molecule has 2 aromatic carbocycles. The van der Waals surface area contributed by atoms with Crippen molar-refractivity contribution in [2.24, 2.45) is 0 Å². The first-order valence-corrected chi connectivity index (χ1v) is 13.7. The van der Waals surface area contributed by atoms with E-state index in [-0.39, 0.29) is 4.90 Å². The Kier molecular flexibility index (Phi) is 8.50. The van der Waals surface area contributed by atoms with Crippen molar-refractivity contribution in [1.29, 1.82) is 0 Å². The minimum atomic E-state index is -3.56. The molecule has 1 aliphatic rings. The zero-order valence-electron chi connectivity index (χ0n) is 19.5. The maximum absolute atomic E-state index is 12.6. The average molecular weight is 505 g/mol. The van der Waals surface area contributed by atoms with Crippen LogP contribution < -0.4 is 14.8 Å². The molecule has 9 heteroatoms. The number of fused-ring (bicyclic) bond motifs is 1. The van der Waals surface area contributed by atoms with Gasteiger partial charge in [0.1, 0.15) is 5.75 Å². The number of aryl methyl sites for hydroxylation is 1. The molecule has 0 spiro atoms. The minimum Gasteiger partial charge on any atom is -0.494 e. The summed E-state index contributed by atoms with van der Waals surface area (Å²) in [5.74, 6) is 0.686. The van der Waals surface area contributed by atoms with Gasteiger partial charge in [-0.15, -0.1) is 0 Å². The van der Waals surface area contributed by atoms with Crippen molar-refractivity contribution in [2.45, 2.75) is 37.1 Å². The van der Waals surface area contributed by atoms with E-state index in [4.69, 9.17) is 16.3 Å². The van der Waals surface area contributed by atoms with Crippen molar-refractivity contribution in [1.82, 2.24) is 19.9 Å². The van der Waals surface area contributed by atoms with Crippen LogP contribution in [0, 0.1) is 0 Å². The molecule has 1 aliphatic heterocycles. The second-order valence-corrected chi connectivity index (χ2v) is 11.0. The van der Waals surface area contributed by atoms with Gasteiger partial charge in [0.2, 0.25) is 10.0 Å². The summed E-state index contributed by atoms with van der Waals surface area (Å²) in [6.45, 7) is 7.35. The van der Waals surface area contributed by atoms with Crippen molar-refractivity contribution >= 4 is 32.5 Å². The minimum absolute atomic E-state index is 0.244. The molecule has 0 bridgehead atoms. The lowest BCUT2D eigenvalue weighted by Gasteiger charge is -2.31. The first-order chi connectivity index (χ1) is 16.4. The molecule has 0 radical (unpaired) electrons. The Bertz CT molecular complexity index is 1180. The largest absolute Gasteiger partial charge is 0.494 e. The molecule has 1 atom stereocenters. The predicted molar refractivity (Wildman–Crippen MR) is 137 cm³/mol. The van der Waals surface area contributed by atoms with Gasteiger partial charge in [0.05, 0.1) is 11.5 Å². The number of aromatic amines is 1.